The van der Waals surface area contributed by atoms with E-state index in [2.05, 4.69) is 22.1 Å². The molecule has 0 spiro atoms. The van der Waals surface area contributed by atoms with E-state index in [1.54, 1.807) is 6.08 Å². The lowest BCUT2D eigenvalue weighted by Crippen LogP contribution is -2.35. The molecule has 4 rings (SSSR count). The Morgan fingerprint density at radius 3 is 3.00 bits per heavy atom. The van der Waals surface area contributed by atoms with Crippen molar-refractivity contribution < 1.29 is 13.9 Å². The van der Waals surface area contributed by atoms with Crippen LogP contribution in [0.3, 0.4) is 0 Å². The zero-order valence-corrected chi connectivity index (χ0v) is 15.6. The van der Waals surface area contributed by atoms with E-state index in [1.165, 1.54) is 23.8 Å². The van der Waals surface area contributed by atoms with Crippen molar-refractivity contribution in [3.8, 4) is 0 Å². The summed E-state index contributed by atoms with van der Waals surface area (Å²) in [7, 11) is 0. The van der Waals surface area contributed by atoms with Crippen LogP contribution in [0.5, 0.6) is 0 Å². The molecule has 2 atom stereocenters. The monoisotopic (exact) mass is 373 g/mol. The quantitative estimate of drug-likeness (QED) is 0.787. The maximum Gasteiger partial charge on any atom is 0.250 e. The van der Waals surface area contributed by atoms with E-state index in [9.17, 15) is 4.79 Å². The van der Waals surface area contributed by atoms with Crippen molar-refractivity contribution in [2.75, 3.05) is 31.6 Å². The number of hydrogen-bond acceptors (Lipinski definition) is 6. The molecule has 3 heterocycles. The van der Waals surface area contributed by atoms with E-state index in [1.807, 2.05) is 17.5 Å². The van der Waals surface area contributed by atoms with Gasteiger partial charge in [0.15, 0.2) is 5.13 Å². The number of morpholine rings is 1. The maximum absolute atomic E-state index is 12.1. The number of aromatic nitrogens is 1. The third kappa shape index (κ3) is 4.41. The number of nitrogens with zero attached hydrogens (tertiary/aromatic N) is 2. The molecule has 1 saturated carbocycles. The predicted molar refractivity (Wildman–Crippen MR) is 101 cm³/mol. The molecule has 6 nitrogen and oxygen atoms in total. The van der Waals surface area contributed by atoms with Gasteiger partial charge in [0, 0.05) is 37.0 Å². The Morgan fingerprint density at radius 2 is 2.23 bits per heavy atom. The standard InChI is InChI=1S/C19H23N3O3S/c1-13-10-16(13)17-4-2-15(25-17)3-5-18(23)21-19-20-14(12-26-19)11-22-6-8-24-9-7-22/h2-5,12-13,16H,6-11H2,1H3,(H,20,21,23)/b5-3+. The van der Waals surface area contributed by atoms with E-state index in [-0.39, 0.29) is 5.91 Å². The highest BCUT2D eigenvalue weighted by molar-refractivity contribution is 7.13. The summed E-state index contributed by atoms with van der Waals surface area (Å²) in [5.41, 5.74) is 0.977. The summed E-state index contributed by atoms with van der Waals surface area (Å²) in [6.45, 7) is 6.40. The second-order valence-electron chi connectivity index (χ2n) is 6.91. The molecule has 0 aromatic carbocycles. The summed E-state index contributed by atoms with van der Waals surface area (Å²) in [6.07, 6.45) is 4.38. The van der Waals surface area contributed by atoms with Crippen LogP contribution in [0.15, 0.2) is 28.0 Å². The van der Waals surface area contributed by atoms with Gasteiger partial charge in [0.1, 0.15) is 11.5 Å². The van der Waals surface area contributed by atoms with Gasteiger partial charge in [-0.15, -0.1) is 11.3 Å². The topological polar surface area (TPSA) is 67.6 Å². The first kappa shape index (κ1) is 17.5. The first-order chi connectivity index (χ1) is 12.7. The number of anilines is 1. The Bertz CT molecular complexity index is 792. The van der Waals surface area contributed by atoms with Gasteiger partial charge in [0.25, 0.3) is 0 Å². The number of amides is 1. The number of carbonyl (C=O) groups is 1. The van der Waals surface area contributed by atoms with E-state index < -0.39 is 0 Å². The summed E-state index contributed by atoms with van der Waals surface area (Å²) >= 11 is 1.45. The number of nitrogens with one attached hydrogen (secondary N) is 1. The smallest absolute Gasteiger partial charge is 0.250 e. The van der Waals surface area contributed by atoms with Crippen LogP contribution < -0.4 is 5.32 Å². The highest BCUT2D eigenvalue weighted by Crippen LogP contribution is 2.47. The minimum atomic E-state index is -0.199. The molecule has 138 valence electrons. The summed E-state index contributed by atoms with van der Waals surface area (Å²) in [5, 5.41) is 5.43. The molecule has 1 aliphatic heterocycles. The number of furan rings is 1. The van der Waals surface area contributed by atoms with Gasteiger partial charge in [0.05, 0.1) is 18.9 Å². The molecule has 26 heavy (non-hydrogen) atoms. The second kappa shape index (κ2) is 7.73. The van der Waals surface area contributed by atoms with Crippen LogP contribution in [-0.2, 0) is 16.1 Å². The third-order valence-electron chi connectivity index (χ3n) is 4.79. The van der Waals surface area contributed by atoms with Crippen LogP contribution in [0.4, 0.5) is 5.13 Å². The van der Waals surface area contributed by atoms with Crippen molar-refractivity contribution in [1.82, 2.24) is 9.88 Å². The lowest BCUT2D eigenvalue weighted by molar-refractivity contribution is -0.111. The van der Waals surface area contributed by atoms with Gasteiger partial charge in [-0.05, 0) is 30.5 Å². The van der Waals surface area contributed by atoms with Crippen LogP contribution in [0.1, 0.15) is 36.5 Å². The Balaban J connectivity index is 1.28. The molecule has 1 amide bonds. The van der Waals surface area contributed by atoms with Crippen molar-refractivity contribution in [2.24, 2.45) is 5.92 Å². The second-order valence-corrected chi connectivity index (χ2v) is 7.77. The zero-order chi connectivity index (χ0) is 17.9. The average Bonchev–Trinajstić information content (AvgIpc) is 3.02. The zero-order valence-electron chi connectivity index (χ0n) is 14.8. The van der Waals surface area contributed by atoms with Gasteiger partial charge in [-0.1, -0.05) is 6.92 Å². The number of rotatable bonds is 6. The molecular weight excluding hydrogens is 350 g/mol. The summed E-state index contributed by atoms with van der Waals surface area (Å²) in [6, 6.07) is 3.92. The highest BCUT2D eigenvalue weighted by atomic mass is 32.1. The largest absolute Gasteiger partial charge is 0.461 e. The van der Waals surface area contributed by atoms with Crippen LogP contribution in [0.25, 0.3) is 6.08 Å². The van der Waals surface area contributed by atoms with E-state index in [0.717, 1.165) is 44.3 Å². The molecule has 7 heteroatoms. The molecule has 0 bridgehead atoms. The fraction of sp³-hybridized carbons (Fsp3) is 0.474. The molecule has 2 aromatic heterocycles. The van der Waals surface area contributed by atoms with Gasteiger partial charge in [0.2, 0.25) is 5.91 Å². The normalized spacial score (nSPS) is 23.4. The summed E-state index contributed by atoms with van der Waals surface area (Å²) < 4.78 is 11.1. The molecule has 1 saturated heterocycles. The van der Waals surface area contributed by atoms with Gasteiger partial charge < -0.3 is 9.15 Å². The number of carbonyl (C=O) groups excluding carboxylic acids is 1. The molecule has 2 aliphatic rings. The fourth-order valence-electron chi connectivity index (χ4n) is 3.11. The Kier molecular flexibility index (Phi) is 5.19. The van der Waals surface area contributed by atoms with Crippen LogP contribution >= 0.6 is 11.3 Å². The Labute approximate surface area is 156 Å². The molecule has 1 N–H and O–H groups in total. The van der Waals surface area contributed by atoms with Gasteiger partial charge in [-0.3, -0.25) is 15.0 Å². The van der Waals surface area contributed by atoms with Gasteiger partial charge >= 0.3 is 0 Å². The van der Waals surface area contributed by atoms with Crippen LogP contribution in [0.2, 0.25) is 0 Å². The molecule has 2 fully saturated rings. The Hall–Kier alpha value is -1.96. The first-order valence-electron chi connectivity index (χ1n) is 9.00. The van der Waals surface area contributed by atoms with Crippen LogP contribution in [0, 0.1) is 5.92 Å². The first-order valence-corrected chi connectivity index (χ1v) is 9.88. The molecule has 2 unspecified atom stereocenters. The lowest BCUT2D eigenvalue weighted by Gasteiger charge is -2.25. The van der Waals surface area contributed by atoms with Gasteiger partial charge in [-0.25, -0.2) is 4.98 Å². The van der Waals surface area contributed by atoms with E-state index in [4.69, 9.17) is 9.15 Å². The third-order valence-corrected chi connectivity index (χ3v) is 5.60. The predicted octanol–water partition coefficient (Wildman–Crippen LogP) is 3.34. The minimum Gasteiger partial charge on any atom is -0.461 e. The lowest BCUT2D eigenvalue weighted by atomic mass is 10.3. The van der Waals surface area contributed by atoms with E-state index in [0.29, 0.717) is 22.7 Å². The van der Waals surface area contributed by atoms with Crippen molar-refractivity contribution in [2.45, 2.75) is 25.8 Å². The number of thiazole rings is 1. The van der Waals surface area contributed by atoms with Crippen molar-refractivity contribution >= 4 is 28.5 Å². The average molecular weight is 373 g/mol. The van der Waals surface area contributed by atoms with Crippen molar-refractivity contribution in [3.63, 3.8) is 0 Å². The van der Waals surface area contributed by atoms with Crippen LogP contribution in [-0.4, -0.2) is 42.1 Å². The molecular formula is C19H23N3O3S. The SMILES string of the molecule is CC1CC1c1ccc(/C=C/C(=O)Nc2nc(CN3CCOCC3)cs2)o1. The van der Waals surface area contributed by atoms with Crippen molar-refractivity contribution in [1.29, 1.82) is 0 Å². The van der Waals surface area contributed by atoms with Gasteiger partial charge in [-0.2, -0.15) is 0 Å². The molecule has 1 aliphatic carbocycles. The van der Waals surface area contributed by atoms with E-state index >= 15 is 0 Å². The summed E-state index contributed by atoms with van der Waals surface area (Å²) in [4.78, 5) is 18.9. The maximum atomic E-state index is 12.1. The Morgan fingerprint density at radius 1 is 1.42 bits per heavy atom. The highest BCUT2D eigenvalue weighted by Gasteiger charge is 2.36. The number of hydrogen-bond donors (Lipinski definition) is 1. The minimum absolute atomic E-state index is 0.199. The molecule has 2 aromatic rings. The summed E-state index contributed by atoms with van der Waals surface area (Å²) in [5.74, 6) is 2.78. The molecule has 0 radical (unpaired) electrons. The van der Waals surface area contributed by atoms with Crippen molar-refractivity contribution in [3.05, 3.63) is 40.8 Å². The fourth-order valence-corrected chi connectivity index (χ4v) is 3.81. The number of ether oxygens (including phenoxy) is 1.